The van der Waals surface area contributed by atoms with Crippen LogP contribution < -0.4 is 5.32 Å². The largest absolute Gasteiger partial charge is 0.310 e. The van der Waals surface area contributed by atoms with Crippen molar-refractivity contribution in [3.63, 3.8) is 0 Å². The maximum atomic E-state index is 12.6. The quantitative estimate of drug-likeness (QED) is 0.722. The fourth-order valence-electron chi connectivity index (χ4n) is 3.03. The second kappa shape index (κ2) is 6.44. The Morgan fingerprint density at radius 3 is 2.92 bits per heavy atom. The van der Waals surface area contributed by atoms with Crippen LogP contribution >= 0.6 is 15.9 Å². The van der Waals surface area contributed by atoms with E-state index in [9.17, 15) is 4.79 Å². The van der Waals surface area contributed by atoms with Crippen molar-refractivity contribution < 1.29 is 4.79 Å². The van der Waals surface area contributed by atoms with Crippen LogP contribution in [0.3, 0.4) is 0 Å². The molecule has 2 aromatic heterocycles. The van der Waals surface area contributed by atoms with E-state index in [0.29, 0.717) is 11.6 Å². The van der Waals surface area contributed by atoms with Crippen molar-refractivity contribution in [3.8, 4) is 5.82 Å². The lowest BCUT2D eigenvalue weighted by Gasteiger charge is -2.09. The van der Waals surface area contributed by atoms with Gasteiger partial charge in [0, 0.05) is 22.7 Å². The summed E-state index contributed by atoms with van der Waals surface area (Å²) in [7, 11) is 0. The zero-order chi connectivity index (χ0) is 17.4. The summed E-state index contributed by atoms with van der Waals surface area (Å²) in [6.45, 7) is 2.00. The van der Waals surface area contributed by atoms with Crippen molar-refractivity contribution in [2.24, 2.45) is 5.92 Å². The van der Waals surface area contributed by atoms with Gasteiger partial charge in [-0.05, 0) is 54.7 Å². The zero-order valence-electron chi connectivity index (χ0n) is 13.7. The number of aryl methyl sites for hydroxylation is 1. The second-order valence-corrected chi connectivity index (χ2v) is 7.23. The molecule has 1 saturated carbocycles. The van der Waals surface area contributed by atoms with E-state index in [2.05, 4.69) is 43.5 Å². The van der Waals surface area contributed by atoms with E-state index in [4.69, 9.17) is 0 Å². The number of amides is 1. The Hall–Kier alpha value is -2.47. The van der Waals surface area contributed by atoms with Crippen molar-refractivity contribution in [1.82, 2.24) is 14.8 Å². The number of carbonyl (C=O) groups excluding carboxylic acids is 1. The highest BCUT2D eigenvalue weighted by atomic mass is 79.9. The molecule has 1 amide bonds. The Labute approximate surface area is 154 Å². The van der Waals surface area contributed by atoms with E-state index in [0.717, 1.165) is 16.5 Å². The Bertz CT molecular complexity index is 936. The van der Waals surface area contributed by atoms with Gasteiger partial charge in [0.1, 0.15) is 5.82 Å². The predicted octanol–water partition coefficient (Wildman–Crippen LogP) is 4.08. The molecule has 1 aliphatic rings. The Kier molecular flexibility index (Phi) is 4.13. The van der Waals surface area contributed by atoms with Crippen LogP contribution in [0.15, 0.2) is 59.3 Å². The molecule has 2 atom stereocenters. The predicted molar refractivity (Wildman–Crippen MR) is 99.7 cm³/mol. The van der Waals surface area contributed by atoms with E-state index < -0.39 is 0 Å². The lowest BCUT2D eigenvalue weighted by atomic mass is 10.1. The second-order valence-electron chi connectivity index (χ2n) is 6.31. The molecular weight excluding hydrogens is 380 g/mol. The molecule has 5 nitrogen and oxygen atoms in total. The minimum atomic E-state index is 0.00289. The van der Waals surface area contributed by atoms with Crippen LogP contribution in [-0.2, 0) is 4.79 Å². The summed E-state index contributed by atoms with van der Waals surface area (Å²) >= 11 is 3.49. The summed E-state index contributed by atoms with van der Waals surface area (Å²) in [4.78, 5) is 16.9. The van der Waals surface area contributed by atoms with Gasteiger partial charge in [0.25, 0.3) is 0 Å². The number of nitrogens with zero attached hydrogens (tertiary/aromatic N) is 3. The van der Waals surface area contributed by atoms with Gasteiger partial charge in [-0.15, -0.1) is 0 Å². The van der Waals surface area contributed by atoms with Gasteiger partial charge in [-0.1, -0.05) is 28.1 Å². The number of halogens is 1. The number of pyridine rings is 1. The number of hydrogen-bond donors (Lipinski definition) is 1. The molecule has 1 N–H and O–H groups in total. The third-order valence-corrected chi connectivity index (χ3v) is 4.91. The normalized spacial score (nSPS) is 18.8. The maximum absolute atomic E-state index is 12.6. The maximum Gasteiger partial charge on any atom is 0.229 e. The lowest BCUT2D eigenvalue weighted by Crippen LogP contribution is -2.17. The monoisotopic (exact) mass is 396 g/mol. The third kappa shape index (κ3) is 3.35. The van der Waals surface area contributed by atoms with Crippen molar-refractivity contribution in [2.45, 2.75) is 19.3 Å². The smallest absolute Gasteiger partial charge is 0.229 e. The van der Waals surface area contributed by atoms with Crippen LogP contribution in [-0.4, -0.2) is 20.7 Å². The first-order valence-electron chi connectivity index (χ1n) is 8.15. The Balaban J connectivity index is 1.49. The van der Waals surface area contributed by atoms with E-state index in [1.807, 2.05) is 31.2 Å². The summed E-state index contributed by atoms with van der Waals surface area (Å²) in [6.07, 6.45) is 4.28. The van der Waals surface area contributed by atoms with Gasteiger partial charge in [0.2, 0.25) is 5.91 Å². The van der Waals surface area contributed by atoms with Gasteiger partial charge < -0.3 is 5.32 Å². The van der Waals surface area contributed by atoms with Crippen molar-refractivity contribution in [3.05, 3.63) is 70.5 Å². The first-order valence-corrected chi connectivity index (χ1v) is 8.94. The van der Waals surface area contributed by atoms with E-state index in [1.54, 1.807) is 23.1 Å². The molecular formula is C19H17BrN4O. The average Bonchev–Trinajstić information content (AvgIpc) is 3.27. The molecule has 1 aromatic carbocycles. The van der Waals surface area contributed by atoms with Crippen molar-refractivity contribution in [1.29, 1.82) is 0 Å². The molecule has 0 spiro atoms. The van der Waals surface area contributed by atoms with Crippen molar-refractivity contribution in [2.75, 3.05) is 5.32 Å². The van der Waals surface area contributed by atoms with Crippen LogP contribution in [0.5, 0.6) is 0 Å². The van der Waals surface area contributed by atoms with E-state index >= 15 is 0 Å². The summed E-state index contributed by atoms with van der Waals surface area (Å²) in [6, 6.07) is 13.8. The number of carbonyl (C=O) groups is 1. The molecule has 2 unspecified atom stereocenters. The molecule has 2 heterocycles. The van der Waals surface area contributed by atoms with Crippen LogP contribution in [0.2, 0.25) is 0 Å². The number of anilines is 1. The zero-order valence-corrected chi connectivity index (χ0v) is 15.3. The first kappa shape index (κ1) is 16.0. The number of aromatic nitrogens is 3. The molecule has 4 rings (SSSR count). The molecule has 1 aliphatic carbocycles. The van der Waals surface area contributed by atoms with Gasteiger partial charge in [-0.25, -0.2) is 4.98 Å². The average molecular weight is 397 g/mol. The van der Waals surface area contributed by atoms with E-state index in [1.165, 1.54) is 5.56 Å². The summed E-state index contributed by atoms with van der Waals surface area (Å²) in [5.41, 5.74) is 2.29. The number of benzene rings is 1. The third-order valence-electron chi connectivity index (χ3n) is 4.42. The molecule has 1 fully saturated rings. The van der Waals surface area contributed by atoms with Gasteiger partial charge in [0.05, 0.1) is 6.20 Å². The Morgan fingerprint density at radius 2 is 2.12 bits per heavy atom. The fraction of sp³-hybridized carbons (Fsp3) is 0.211. The van der Waals surface area contributed by atoms with Crippen LogP contribution in [0, 0.1) is 12.8 Å². The van der Waals surface area contributed by atoms with Gasteiger partial charge in [0.15, 0.2) is 5.82 Å². The Morgan fingerprint density at radius 1 is 1.24 bits per heavy atom. The topological polar surface area (TPSA) is 59.8 Å². The van der Waals surface area contributed by atoms with Crippen molar-refractivity contribution >= 4 is 27.7 Å². The van der Waals surface area contributed by atoms with Gasteiger partial charge in [-0.3, -0.25) is 4.79 Å². The molecule has 0 saturated heterocycles. The molecule has 0 radical (unpaired) electrons. The first-order chi connectivity index (χ1) is 12.1. The SMILES string of the molecule is Cc1ccnc(-n2nccc2NC(=O)C2CC2c2cccc(Br)c2)c1. The van der Waals surface area contributed by atoms with Crippen LogP contribution in [0.4, 0.5) is 5.82 Å². The highest BCUT2D eigenvalue weighted by Gasteiger charge is 2.44. The molecule has 3 aromatic rings. The van der Waals surface area contributed by atoms with E-state index in [-0.39, 0.29) is 17.7 Å². The molecule has 0 bridgehead atoms. The number of rotatable bonds is 4. The van der Waals surface area contributed by atoms with Crippen LogP contribution in [0.25, 0.3) is 5.82 Å². The highest BCUT2D eigenvalue weighted by molar-refractivity contribution is 9.10. The minimum Gasteiger partial charge on any atom is -0.310 e. The summed E-state index contributed by atoms with van der Waals surface area (Å²) in [5, 5.41) is 7.28. The molecule has 6 heteroatoms. The molecule has 25 heavy (non-hydrogen) atoms. The van der Waals surface area contributed by atoms with Gasteiger partial charge >= 0.3 is 0 Å². The minimum absolute atomic E-state index is 0.00289. The summed E-state index contributed by atoms with van der Waals surface area (Å²) in [5.74, 6) is 1.65. The molecule has 126 valence electrons. The number of hydrogen-bond acceptors (Lipinski definition) is 3. The molecule has 0 aliphatic heterocycles. The van der Waals surface area contributed by atoms with Crippen LogP contribution in [0.1, 0.15) is 23.5 Å². The highest BCUT2D eigenvalue weighted by Crippen LogP contribution is 2.48. The summed E-state index contributed by atoms with van der Waals surface area (Å²) < 4.78 is 2.70. The lowest BCUT2D eigenvalue weighted by molar-refractivity contribution is -0.117. The van der Waals surface area contributed by atoms with Gasteiger partial charge in [-0.2, -0.15) is 9.78 Å². The standard InChI is InChI=1S/C19H17BrN4O/c1-12-5-7-21-18(9-12)24-17(6-8-22-24)23-19(25)16-11-15(16)13-3-2-4-14(20)10-13/h2-10,15-16H,11H2,1H3,(H,23,25). The fourth-order valence-corrected chi connectivity index (χ4v) is 3.44. The number of nitrogens with one attached hydrogen (secondary N) is 1.